The van der Waals surface area contributed by atoms with Crippen LogP contribution in [-0.4, -0.2) is 42.8 Å². The van der Waals surface area contributed by atoms with Crippen LogP contribution in [0.25, 0.3) is 0 Å². The maximum Gasteiger partial charge on any atom is 0.269 e. The molecule has 0 aliphatic carbocycles. The second kappa shape index (κ2) is 5.94. The number of rotatable bonds is 4. The van der Waals surface area contributed by atoms with Crippen molar-refractivity contribution in [2.75, 3.05) is 13.1 Å². The summed E-state index contributed by atoms with van der Waals surface area (Å²) in [6, 6.07) is 6.40. The Labute approximate surface area is 129 Å². The van der Waals surface area contributed by atoms with Crippen LogP contribution in [-0.2, 0) is 15.8 Å². The fraction of sp³-hybridized carbons (Fsp3) is 0.571. The van der Waals surface area contributed by atoms with Gasteiger partial charge < -0.3 is 5.32 Å². The highest BCUT2D eigenvalue weighted by atomic mass is 32.2. The largest absolute Gasteiger partial charge is 0.310 e. The van der Waals surface area contributed by atoms with E-state index in [0.717, 1.165) is 19.3 Å². The molecular weight excluding hydrogens is 306 g/mol. The Morgan fingerprint density at radius 3 is 2.55 bits per heavy atom. The predicted octanol–water partition coefficient (Wildman–Crippen LogP) is 1.25. The Kier molecular flexibility index (Phi) is 4.16. The van der Waals surface area contributed by atoms with Crippen LogP contribution in [0.4, 0.5) is 5.69 Å². The molecule has 120 valence electrons. The van der Waals surface area contributed by atoms with Crippen molar-refractivity contribution >= 4 is 15.7 Å². The van der Waals surface area contributed by atoms with Gasteiger partial charge in [-0.1, -0.05) is 12.1 Å². The van der Waals surface area contributed by atoms with Crippen molar-refractivity contribution in [3.05, 3.63) is 39.9 Å². The molecule has 0 spiro atoms. The van der Waals surface area contributed by atoms with Crippen LogP contribution < -0.4 is 5.32 Å². The smallest absolute Gasteiger partial charge is 0.269 e. The number of sulfonamides is 1. The highest BCUT2D eigenvalue weighted by Gasteiger charge is 2.34. The Bertz CT molecular complexity index is 659. The van der Waals surface area contributed by atoms with E-state index in [9.17, 15) is 18.5 Å². The number of hydrogen-bond donors (Lipinski definition) is 1. The molecule has 2 unspecified atom stereocenters. The van der Waals surface area contributed by atoms with Crippen molar-refractivity contribution in [3.8, 4) is 0 Å². The molecule has 2 atom stereocenters. The van der Waals surface area contributed by atoms with E-state index in [1.165, 1.54) is 24.3 Å². The van der Waals surface area contributed by atoms with Gasteiger partial charge in [0.15, 0.2) is 0 Å². The number of nitro benzene ring substituents is 1. The van der Waals surface area contributed by atoms with Crippen molar-refractivity contribution in [1.82, 2.24) is 9.62 Å². The number of benzene rings is 1. The molecule has 2 bridgehead atoms. The van der Waals surface area contributed by atoms with Gasteiger partial charge in [-0.2, -0.15) is 0 Å². The number of nitro groups is 1. The first-order valence-corrected chi connectivity index (χ1v) is 9.02. The summed E-state index contributed by atoms with van der Waals surface area (Å²) in [6.45, 7) is 1.06. The maximum atomic E-state index is 12.6. The third kappa shape index (κ3) is 3.29. The van der Waals surface area contributed by atoms with Gasteiger partial charge in [-0.3, -0.25) is 10.1 Å². The quantitative estimate of drug-likeness (QED) is 0.664. The molecule has 2 heterocycles. The average Bonchev–Trinajstić information content (AvgIpc) is 2.77. The highest BCUT2D eigenvalue weighted by Crippen LogP contribution is 2.23. The Hall–Kier alpha value is -1.51. The molecule has 1 aromatic rings. The number of nitrogens with one attached hydrogen (secondary N) is 1. The standard InChI is InChI=1S/C14H19N3O4S/c18-17(19)14-5-1-11(2-6-14)10-22(20,21)16-8-7-12-3-4-13(9-16)15-12/h1-2,5-6,12-13,15H,3-4,7-10H2. The summed E-state index contributed by atoms with van der Waals surface area (Å²) in [5.74, 6) is -0.109. The minimum Gasteiger partial charge on any atom is -0.310 e. The van der Waals surface area contributed by atoms with Gasteiger partial charge in [0.2, 0.25) is 10.0 Å². The molecule has 22 heavy (non-hydrogen) atoms. The van der Waals surface area contributed by atoms with E-state index >= 15 is 0 Å². The van der Waals surface area contributed by atoms with Gasteiger partial charge in [-0.05, 0) is 24.8 Å². The van der Waals surface area contributed by atoms with Gasteiger partial charge in [0.1, 0.15) is 0 Å². The van der Waals surface area contributed by atoms with Crippen molar-refractivity contribution < 1.29 is 13.3 Å². The van der Waals surface area contributed by atoms with Gasteiger partial charge in [0.25, 0.3) is 5.69 Å². The van der Waals surface area contributed by atoms with E-state index in [-0.39, 0.29) is 17.5 Å². The molecule has 2 saturated heterocycles. The lowest BCUT2D eigenvalue weighted by Gasteiger charge is -2.23. The SMILES string of the molecule is O=[N+]([O-])c1ccc(CS(=O)(=O)N2CCC3CCC(C2)N3)cc1. The Balaban J connectivity index is 1.71. The zero-order valence-corrected chi connectivity index (χ0v) is 13.0. The third-order valence-corrected chi connectivity index (χ3v) is 6.19. The van der Waals surface area contributed by atoms with E-state index in [0.29, 0.717) is 24.7 Å². The van der Waals surface area contributed by atoms with Crippen LogP contribution in [0.3, 0.4) is 0 Å². The normalized spacial score (nSPS) is 25.8. The first kappa shape index (κ1) is 15.4. The molecule has 2 aliphatic rings. The van der Waals surface area contributed by atoms with Crippen LogP contribution in [0.1, 0.15) is 24.8 Å². The first-order valence-electron chi connectivity index (χ1n) is 7.41. The van der Waals surface area contributed by atoms with Crippen LogP contribution >= 0.6 is 0 Å². The lowest BCUT2D eigenvalue weighted by atomic mass is 10.1. The van der Waals surface area contributed by atoms with Gasteiger partial charge in [-0.25, -0.2) is 12.7 Å². The number of fused-ring (bicyclic) bond motifs is 2. The van der Waals surface area contributed by atoms with Gasteiger partial charge in [0.05, 0.1) is 10.7 Å². The van der Waals surface area contributed by atoms with Crippen LogP contribution in [0.2, 0.25) is 0 Å². The molecule has 0 saturated carbocycles. The van der Waals surface area contributed by atoms with E-state index < -0.39 is 14.9 Å². The third-order valence-electron chi connectivity index (χ3n) is 4.38. The monoisotopic (exact) mass is 325 g/mol. The summed E-state index contributed by atoms with van der Waals surface area (Å²) in [4.78, 5) is 10.1. The molecule has 1 aromatic carbocycles. The summed E-state index contributed by atoms with van der Waals surface area (Å²) in [7, 11) is -3.39. The molecule has 7 nitrogen and oxygen atoms in total. The summed E-state index contributed by atoms with van der Waals surface area (Å²) in [5.41, 5.74) is 0.547. The highest BCUT2D eigenvalue weighted by molar-refractivity contribution is 7.88. The molecular formula is C14H19N3O4S. The lowest BCUT2D eigenvalue weighted by Crippen LogP contribution is -2.39. The second-order valence-electron chi connectivity index (χ2n) is 5.96. The van der Waals surface area contributed by atoms with Crippen LogP contribution in [0.15, 0.2) is 24.3 Å². The van der Waals surface area contributed by atoms with E-state index in [4.69, 9.17) is 0 Å². The summed E-state index contributed by atoms with van der Waals surface area (Å²) in [5, 5.41) is 14.1. The zero-order chi connectivity index (χ0) is 15.7. The van der Waals surface area contributed by atoms with Gasteiger partial charge in [-0.15, -0.1) is 0 Å². The van der Waals surface area contributed by atoms with Gasteiger partial charge in [0, 0.05) is 37.3 Å². The lowest BCUT2D eigenvalue weighted by molar-refractivity contribution is -0.384. The second-order valence-corrected chi connectivity index (χ2v) is 7.93. The minimum atomic E-state index is -3.39. The average molecular weight is 325 g/mol. The molecule has 0 radical (unpaired) electrons. The zero-order valence-electron chi connectivity index (χ0n) is 12.1. The summed E-state index contributed by atoms with van der Waals surface area (Å²) in [6.07, 6.45) is 2.99. The fourth-order valence-electron chi connectivity index (χ4n) is 3.18. The van der Waals surface area contributed by atoms with Crippen molar-refractivity contribution in [2.45, 2.75) is 37.1 Å². The van der Waals surface area contributed by atoms with Gasteiger partial charge >= 0.3 is 0 Å². The topological polar surface area (TPSA) is 92.5 Å². The van der Waals surface area contributed by atoms with Crippen LogP contribution in [0.5, 0.6) is 0 Å². The molecule has 0 amide bonds. The van der Waals surface area contributed by atoms with Crippen molar-refractivity contribution in [1.29, 1.82) is 0 Å². The summed E-state index contributed by atoms with van der Waals surface area (Å²) >= 11 is 0. The Morgan fingerprint density at radius 2 is 1.86 bits per heavy atom. The molecule has 2 fully saturated rings. The molecule has 1 N–H and O–H groups in total. The number of non-ortho nitro benzene ring substituents is 1. The minimum absolute atomic E-state index is 0.0302. The fourth-order valence-corrected chi connectivity index (χ4v) is 4.77. The predicted molar refractivity (Wildman–Crippen MR) is 81.9 cm³/mol. The number of hydrogen-bond acceptors (Lipinski definition) is 5. The van der Waals surface area contributed by atoms with E-state index in [1.807, 2.05) is 0 Å². The van der Waals surface area contributed by atoms with E-state index in [2.05, 4.69) is 5.32 Å². The molecule has 3 rings (SSSR count). The van der Waals surface area contributed by atoms with Crippen LogP contribution in [0, 0.1) is 10.1 Å². The first-order chi connectivity index (χ1) is 10.4. The number of nitrogens with zero attached hydrogens (tertiary/aromatic N) is 2. The van der Waals surface area contributed by atoms with Crippen molar-refractivity contribution in [3.63, 3.8) is 0 Å². The molecule has 0 aromatic heterocycles. The molecule has 2 aliphatic heterocycles. The summed E-state index contributed by atoms with van der Waals surface area (Å²) < 4.78 is 26.7. The van der Waals surface area contributed by atoms with Crippen molar-refractivity contribution in [2.24, 2.45) is 0 Å². The van der Waals surface area contributed by atoms with E-state index in [1.54, 1.807) is 4.31 Å². The molecule has 8 heteroatoms. The Morgan fingerprint density at radius 1 is 1.18 bits per heavy atom. The maximum absolute atomic E-state index is 12.6.